The fourth-order valence-corrected chi connectivity index (χ4v) is 2.86. The van der Waals surface area contributed by atoms with Gasteiger partial charge in [-0.25, -0.2) is 0 Å². The first-order valence-electron chi connectivity index (χ1n) is 10.2. The zero-order valence-electron chi connectivity index (χ0n) is 17.6. The number of quaternary nitrogens is 1. The number of rotatable bonds is 16. The number of hydrogen-bond acceptors (Lipinski definition) is 5. The molecule has 0 aromatic carbocycles. The molecule has 0 unspecified atom stereocenters. The van der Waals surface area contributed by atoms with Gasteiger partial charge in [0.25, 0.3) is 0 Å². The predicted molar refractivity (Wildman–Crippen MR) is 105 cm³/mol. The van der Waals surface area contributed by atoms with Gasteiger partial charge in [-0.2, -0.15) is 0 Å². The monoisotopic (exact) mass is 385 g/mol. The molecular formula is C21H39NO5. The maximum atomic E-state index is 12.0. The molecule has 0 radical (unpaired) electrons. The van der Waals surface area contributed by atoms with Crippen molar-refractivity contribution in [2.45, 2.75) is 83.3 Å². The number of allylic oxidation sites excluding steroid dienone is 2. The molecule has 6 nitrogen and oxygen atoms in total. The third-order valence-electron chi connectivity index (χ3n) is 4.15. The van der Waals surface area contributed by atoms with E-state index in [1.165, 1.54) is 25.7 Å². The number of hydrogen-bond donors (Lipinski definition) is 1. The summed E-state index contributed by atoms with van der Waals surface area (Å²) in [5, 5.41) is 20.8. The highest BCUT2D eigenvalue weighted by Gasteiger charge is 2.23. The smallest absolute Gasteiger partial charge is 0.308 e. The molecule has 1 N–H and O–H groups in total. The van der Waals surface area contributed by atoms with Crippen LogP contribution in [-0.4, -0.2) is 61.4 Å². The number of carbonyl (C=O) groups is 2. The van der Waals surface area contributed by atoms with Gasteiger partial charge in [-0.15, -0.1) is 0 Å². The van der Waals surface area contributed by atoms with E-state index in [4.69, 9.17) is 4.74 Å². The summed E-state index contributed by atoms with van der Waals surface area (Å²) in [5.41, 5.74) is 0. The second-order valence-corrected chi connectivity index (χ2v) is 8.27. The molecule has 0 aromatic rings. The normalized spacial score (nSPS) is 14.3. The highest BCUT2D eigenvalue weighted by atomic mass is 16.5. The van der Waals surface area contributed by atoms with Gasteiger partial charge in [-0.3, -0.25) is 4.79 Å². The Morgan fingerprint density at radius 1 is 1.04 bits per heavy atom. The van der Waals surface area contributed by atoms with Crippen LogP contribution in [0, 0.1) is 0 Å². The van der Waals surface area contributed by atoms with Gasteiger partial charge in [0.15, 0.2) is 6.10 Å². The molecule has 0 amide bonds. The second-order valence-electron chi connectivity index (χ2n) is 8.27. The Labute approximate surface area is 164 Å². The van der Waals surface area contributed by atoms with Crippen LogP contribution >= 0.6 is 0 Å². The highest BCUT2D eigenvalue weighted by molar-refractivity contribution is 5.71. The van der Waals surface area contributed by atoms with E-state index in [-0.39, 0.29) is 12.8 Å². The molecular weight excluding hydrogens is 346 g/mol. The van der Waals surface area contributed by atoms with Crippen molar-refractivity contribution in [1.29, 1.82) is 0 Å². The number of ether oxygens (including phenoxy) is 1. The summed E-state index contributed by atoms with van der Waals surface area (Å²) >= 11 is 0. The zero-order valence-corrected chi connectivity index (χ0v) is 17.6. The molecule has 0 heterocycles. The summed E-state index contributed by atoms with van der Waals surface area (Å²) < 4.78 is 5.72. The standard InChI is InChI=1S/C21H39NO5/c1-5-6-7-8-9-10-11-12-13-14-18(23)15-21(26)27-19(16-20(24)25)17-22(2,3)4/h10-11,18-19,23H,5-9,12-17H2,1-4H3/b11-10-/t18-,19+/m0/s1. The lowest BCUT2D eigenvalue weighted by atomic mass is 10.1. The quantitative estimate of drug-likeness (QED) is 0.190. The van der Waals surface area contributed by atoms with Crippen LogP contribution in [0.1, 0.15) is 71.1 Å². The van der Waals surface area contributed by atoms with Gasteiger partial charge >= 0.3 is 5.97 Å². The number of aliphatic hydroxyl groups is 1. The van der Waals surface area contributed by atoms with Gasteiger partial charge < -0.3 is 24.2 Å². The molecule has 0 spiro atoms. The van der Waals surface area contributed by atoms with Gasteiger partial charge in [0, 0.05) is 12.4 Å². The number of carbonyl (C=O) groups excluding carboxylic acids is 2. The number of aliphatic carboxylic acids is 1. The van der Waals surface area contributed by atoms with Crippen molar-refractivity contribution in [2.24, 2.45) is 0 Å². The third kappa shape index (κ3) is 17.8. The average Bonchev–Trinajstić information content (AvgIpc) is 2.50. The third-order valence-corrected chi connectivity index (χ3v) is 4.15. The van der Waals surface area contributed by atoms with Gasteiger partial charge in [0.2, 0.25) is 0 Å². The molecule has 0 aliphatic rings. The molecule has 158 valence electrons. The fraction of sp³-hybridized carbons (Fsp3) is 0.810. The number of unbranched alkanes of at least 4 members (excludes halogenated alkanes) is 5. The number of esters is 1. The summed E-state index contributed by atoms with van der Waals surface area (Å²) in [5.74, 6) is -1.81. The predicted octanol–water partition coefficient (Wildman–Crippen LogP) is 2.19. The van der Waals surface area contributed by atoms with Gasteiger partial charge in [-0.05, 0) is 32.1 Å². The number of carboxylic acids is 1. The van der Waals surface area contributed by atoms with Crippen molar-refractivity contribution in [3.63, 3.8) is 0 Å². The SMILES string of the molecule is CCCCCC/C=C\CCC[C@H](O)CC(=O)O[C@H](CC(=O)[O-])C[N+](C)(C)C. The molecule has 2 atom stereocenters. The van der Waals surface area contributed by atoms with Crippen LogP contribution < -0.4 is 5.11 Å². The number of nitrogens with zero attached hydrogens (tertiary/aromatic N) is 1. The van der Waals surface area contributed by atoms with Gasteiger partial charge in [0.1, 0.15) is 6.54 Å². The van der Waals surface area contributed by atoms with E-state index < -0.39 is 24.1 Å². The van der Waals surface area contributed by atoms with E-state index in [1.807, 2.05) is 21.1 Å². The van der Waals surface area contributed by atoms with Crippen LogP contribution in [0.15, 0.2) is 12.2 Å². The lowest BCUT2D eigenvalue weighted by Gasteiger charge is -2.29. The molecule has 0 saturated carbocycles. The number of aliphatic hydroxyl groups excluding tert-OH is 1. The van der Waals surface area contributed by atoms with Crippen molar-refractivity contribution in [2.75, 3.05) is 27.7 Å². The number of carboxylic acid groups (broad SMARTS) is 1. The molecule has 0 aliphatic heterocycles. The molecule has 0 fully saturated rings. The van der Waals surface area contributed by atoms with E-state index in [9.17, 15) is 19.8 Å². The van der Waals surface area contributed by atoms with Crippen molar-refractivity contribution in [1.82, 2.24) is 0 Å². The Bertz CT molecular complexity index is 442. The van der Waals surface area contributed by atoms with E-state index in [2.05, 4.69) is 19.1 Å². The molecule has 0 aromatic heterocycles. The second kappa shape index (κ2) is 14.6. The summed E-state index contributed by atoms with van der Waals surface area (Å²) in [6.45, 7) is 2.57. The van der Waals surface area contributed by atoms with Crippen LogP contribution in [0.2, 0.25) is 0 Å². The summed E-state index contributed by atoms with van der Waals surface area (Å²) in [6, 6.07) is 0. The number of likely N-dealkylation sites (N-methyl/N-ethyl adjacent to an activating group) is 1. The highest BCUT2D eigenvalue weighted by Crippen LogP contribution is 2.11. The molecule has 0 saturated heterocycles. The van der Waals surface area contributed by atoms with E-state index in [0.29, 0.717) is 17.4 Å². The molecule has 27 heavy (non-hydrogen) atoms. The summed E-state index contributed by atoms with van der Waals surface area (Å²) in [7, 11) is 5.67. The summed E-state index contributed by atoms with van der Waals surface area (Å²) in [6.07, 6.45) is 10.7. The van der Waals surface area contributed by atoms with Crippen molar-refractivity contribution in [3.8, 4) is 0 Å². The first-order valence-corrected chi connectivity index (χ1v) is 10.2. The maximum absolute atomic E-state index is 12.0. The van der Waals surface area contributed by atoms with Gasteiger partial charge in [0.05, 0.1) is 33.7 Å². The lowest BCUT2D eigenvalue weighted by molar-refractivity contribution is -0.873. The Morgan fingerprint density at radius 2 is 1.67 bits per heavy atom. The minimum Gasteiger partial charge on any atom is -0.550 e. The molecule has 0 rings (SSSR count). The van der Waals surface area contributed by atoms with Crippen LogP contribution in [0.25, 0.3) is 0 Å². The Balaban J connectivity index is 4.03. The molecule has 6 heteroatoms. The van der Waals surface area contributed by atoms with Crippen LogP contribution in [0.5, 0.6) is 0 Å². The lowest BCUT2D eigenvalue weighted by Crippen LogP contribution is -2.45. The van der Waals surface area contributed by atoms with E-state index >= 15 is 0 Å². The maximum Gasteiger partial charge on any atom is 0.308 e. The fourth-order valence-electron chi connectivity index (χ4n) is 2.86. The van der Waals surface area contributed by atoms with Crippen molar-refractivity contribution < 1.29 is 29.0 Å². The Morgan fingerprint density at radius 3 is 2.22 bits per heavy atom. The Kier molecular flexibility index (Phi) is 13.9. The van der Waals surface area contributed by atoms with Crippen molar-refractivity contribution >= 4 is 11.9 Å². The summed E-state index contributed by atoms with van der Waals surface area (Å²) in [4.78, 5) is 22.8. The Hall–Kier alpha value is -1.40. The van der Waals surface area contributed by atoms with Crippen molar-refractivity contribution in [3.05, 3.63) is 12.2 Å². The van der Waals surface area contributed by atoms with Crippen LogP contribution in [0.4, 0.5) is 0 Å². The van der Waals surface area contributed by atoms with E-state index in [1.54, 1.807) is 0 Å². The first-order chi connectivity index (χ1) is 12.6. The molecule has 0 aliphatic carbocycles. The minimum absolute atomic E-state index is 0.110. The zero-order chi connectivity index (χ0) is 20.7. The van der Waals surface area contributed by atoms with E-state index in [0.717, 1.165) is 19.3 Å². The topological polar surface area (TPSA) is 86.7 Å². The van der Waals surface area contributed by atoms with Crippen LogP contribution in [-0.2, 0) is 14.3 Å². The van der Waals surface area contributed by atoms with Gasteiger partial charge in [-0.1, -0.05) is 38.3 Å². The molecule has 0 bridgehead atoms. The average molecular weight is 386 g/mol. The van der Waals surface area contributed by atoms with Crippen LogP contribution in [0.3, 0.4) is 0 Å². The minimum atomic E-state index is -1.25. The largest absolute Gasteiger partial charge is 0.550 e. The first kappa shape index (κ1) is 25.6.